The van der Waals surface area contributed by atoms with Gasteiger partial charge in [-0.1, -0.05) is 24.3 Å². The zero-order valence-electron chi connectivity index (χ0n) is 14.2. The lowest BCUT2D eigenvalue weighted by Crippen LogP contribution is -2.19. The van der Waals surface area contributed by atoms with Gasteiger partial charge in [0.05, 0.1) is 30.1 Å². The van der Waals surface area contributed by atoms with E-state index in [1.54, 1.807) is 31.6 Å². The Morgan fingerprint density at radius 2 is 1.92 bits per heavy atom. The summed E-state index contributed by atoms with van der Waals surface area (Å²) in [5.74, 6) is 1.67. The third kappa shape index (κ3) is 2.93. The van der Waals surface area contributed by atoms with Crippen molar-refractivity contribution in [3.8, 4) is 17.3 Å². The molecule has 2 aromatic heterocycles. The van der Waals surface area contributed by atoms with Crippen LogP contribution in [-0.4, -0.2) is 22.6 Å². The number of nitrogens with one attached hydrogen (secondary N) is 1. The number of furan rings is 1. The zero-order valence-corrected chi connectivity index (χ0v) is 14.2. The molecule has 0 aliphatic rings. The summed E-state index contributed by atoms with van der Waals surface area (Å²) in [6, 6.07) is 18.6. The summed E-state index contributed by atoms with van der Waals surface area (Å²) >= 11 is 0. The average molecular weight is 347 g/mol. The number of carbonyl (C=O) groups excluding carboxylic acids is 1. The number of fused-ring (bicyclic) bond motifs is 1. The molecule has 0 bridgehead atoms. The minimum absolute atomic E-state index is 0.106. The number of aromatic nitrogens is 2. The van der Waals surface area contributed by atoms with Crippen LogP contribution in [0.25, 0.3) is 22.6 Å². The first-order valence-electron chi connectivity index (χ1n) is 8.18. The number of hydrogen-bond acceptors (Lipinski definition) is 4. The molecule has 0 saturated heterocycles. The molecule has 2 aromatic carbocycles. The zero-order chi connectivity index (χ0) is 17.9. The van der Waals surface area contributed by atoms with Crippen LogP contribution in [0.3, 0.4) is 0 Å². The van der Waals surface area contributed by atoms with Crippen LogP contribution in [0.4, 0.5) is 5.69 Å². The molecule has 0 aliphatic heterocycles. The third-order valence-corrected chi connectivity index (χ3v) is 4.08. The fraction of sp³-hybridized carbons (Fsp3) is 0.100. The molecular formula is C20H17N3O3. The molecule has 0 spiro atoms. The number of anilines is 1. The Hall–Kier alpha value is -3.54. The number of benzene rings is 2. The van der Waals surface area contributed by atoms with Crippen LogP contribution < -0.4 is 10.1 Å². The molecule has 0 aliphatic carbocycles. The molecule has 0 unspecified atom stereocenters. The van der Waals surface area contributed by atoms with Gasteiger partial charge in [0.15, 0.2) is 11.6 Å². The van der Waals surface area contributed by atoms with Crippen LogP contribution in [-0.2, 0) is 11.3 Å². The maximum Gasteiger partial charge on any atom is 0.244 e. The highest BCUT2D eigenvalue weighted by Crippen LogP contribution is 2.26. The van der Waals surface area contributed by atoms with Crippen molar-refractivity contribution in [3.63, 3.8) is 0 Å². The lowest BCUT2D eigenvalue weighted by molar-refractivity contribution is -0.116. The molecule has 1 amide bonds. The van der Waals surface area contributed by atoms with Crippen LogP contribution in [0.1, 0.15) is 0 Å². The van der Waals surface area contributed by atoms with E-state index in [4.69, 9.17) is 9.15 Å². The van der Waals surface area contributed by atoms with Crippen molar-refractivity contribution < 1.29 is 13.9 Å². The quantitative estimate of drug-likeness (QED) is 0.594. The number of rotatable bonds is 5. The Morgan fingerprint density at radius 3 is 2.73 bits per heavy atom. The predicted molar refractivity (Wildman–Crippen MR) is 99.1 cm³/mol. The van der Waals surface area contributed by atoms with Gasteiger partial charge in [-0.25, -0.2) is 4.98 Å². The fourth-order valence-corrected chi connectivity index (χ4v) is 2.91. The van der Waals surface area contributed by atoms with E-state index in [1.165, 1.54) is 0 Å². The van der Waals surface area contributed by atoms with Crippen LogP contribution in [0.5, 0.6) is 5.75 Å². The highest BCUT2D eigenvalue weighted by molar-refractivity contribution is 5.93. The number of ether oxygens (including phenoxy) is 1. The third-order valence-electron chi connectivity index (χ3n) is 4.08. The van der Waals surface area contributed by atoms with Crippen LogP contribution in [0.2, 0.25) is 0 Å². The van der Waals surface area contributed by atoms with Crippen LogP contribution in [0, 0.1) is 0 Å². The van der Waals surface area contributed by atoms with E-state index in [2.05, 4.69) is 10.3 Å². The van der Waals surface area contributed by atoms with Crippen molar-refractivity contribution in [3.05, 3.63) is 66.9 Å². The largest absolute Gasteiger partial charge is 0.495 e. The predicted octanol–water partition coefficient (Wildman–Crippen LogP) is 3.94. The summed E-state index contributed by atoms with van der Waals surface area (Å²) in [6.07, 6.45) is 1.59. The Balaban J connectivity index is 1.68. The maximum atomic E-state index is 12.7. The molecule has 130 valence electrons. The van der Waals surface area contributed by atoms with Crippen molar-refractivity contribution in [1.29, 1.82) is 0 Å². The van der Waals surface area contributed by atoms with E-state index in [-0.39, 0.29) is 12.5 Å². The highest BCUT2D eigenvalue weighted by Gasteiger charge is 2.17. The SMILES string of the molecule is COc1ccccc1NC(=O)Cn1c(-c2ccco2)nc2ccccc21. The number of imidazole rings is 1. The van der Waals surface area contributed by atoms with Crippen LogP contribution in [0.15, 0.2) is 71.3 Å². The standard InChI is InChI=1S/C20H17N3O3/c1-25-17-10-5-3-8-15(17)21-19(24)13-23-16-9-4-2-7-14(16)22-20(23)18-11-6-12-26-18/h2-12H,13H2,1H3,(H,21,24). The summed E-state index contributed by atoms with van der Waals surface area (Å²) in [4.78, 5) is 17.3. The van der Waals surface area contributed by atoms with E-state index in [0.717, 1.165) is 11.0 Å². The lowest BCUT2D eigenvalue weighted by atomic mass is 10.3. The van der Waals surface area contributed by atoms with Gasteiger partial charge in [0.2, 0.25) is 5.91 Å². The second-order valence-corrected chi connectivity index (χ2v) is 5.74. The fourth-order valence-electron chi connectivity index (χ4n) is 2.91. The molecule has 0 fully saturated rings. The Bertz CT molecular complexity index is 1050. The molecule has 0 saturated carbocycles. The van der Waals surface area contributed by atoms with E-state index < -0.39 is 0 Å². The van der Waals surface area contributed by atoms with Crippen LogP contribution >= 0.6 is 0 Å². The maximum absolute atomic E-state index is 12.7. The minimum Gasteiger partial charge on any atom is -0.495 e. The van der Waals surface area contributed by atoms with Gasteiger partial charge in [0, 0.05) is 0 Å². The van der Waals surface area contributed by atoms with E-state index in [1.807, 2.05) is 47.0 Å². The molecule has 4 rings (SSSR count). The first-order valence-corrected chi connectivity index (χ1v) is 8.18. The number of methoxy groups -OCH3 is 1. The molecule has 0 radical (unpaired) electrons. The first-order chi connectivity index (χ1) is 12.8. The average Bonchev–Trinajstić information content (AvgIpc) is 3.30. The van der Waals surface area contributed by atoms with Gasteiger partial charge in [-0.05, 0) is 36.4 Å². The van der Waals surface area contributed by atoms with Gasteiger partial charge in [0.1, 0.15) is 12.3 Å². The van der Waals surface area contributed by atoms with Crippen molar-refractivity contribution in [2.75, 3.05) is 12.4 Å². The van der Waals surface area contributed by atoms with Gasteiger partial charge >= 0.3 is 0 Å². The first kappa shape index (κ1) is 16.0. The summed E-state index contributed by atoms with van der Waals surface area (Å²) in [5, 5.41) is 2.89. The monoisotopic (exact) mass is 347 g/mol. The normalized spacial score (nSPS) is 10.8. The Morgan fingerprint density at radius 1 is 1.12 bits per heavy atom. The molecule has 2 heterocycles. The van der Waals surface area contributed by atoms with Crippen molar-refractivity contribution in [2.45, 2.75) is 6.54 Å². The molecule has 26 heavy (non-hydrogen) atoms. The second kappa shape index (κ2) is 6.76. The van der Waals surface area contributed by atoms with Gasteiger partial charge in [0.25, 0.3) is 0 Å². The molecule has 0 atom stereocenters. The summed E-state index contributed by atoms with van der Waals surface area (Å²) in [7, 11) is 1.57. The number of carbonyl (C=O) groups is 1. The van der Waals surface area contributed by atoms with Gasteiger partial charge in [-0.15, -0.1) is 0 Å². The minimum atomic E-state index is -0.176. The Labute approximate surface area is 150 Å². The lowest BCUT2D eigenvalue weighted by Gasteiger charge is -2.11. The number of nitrogens with zero attached hydrogens (tertiary/aromatic N) is 2. The topological polar surface area (TPSA) is 69.3 Å². The number of para-hydroxylation sites is 4. The molecule has 1 N–H and O–H groups in total. The van der Waals surface area contributed by atoms with Gasteiger partial charge in [-0.2, -0.15) is 0 Å². The number of hydrogen-bond donors (Lipinski definition) is 1. The summed E-state index contributed by atoms with van der Waals surface area (Å²) in [5.41, 5.74) is 2.31. The van der Waals surface area contributed by atoms with Gasteiger partial charge in [-0.3, -0.25) is 4.79 Å². The number of amides is 1. The second-order valence-electron chi connectivity index (χ2n) is 5.74. The van der Waals surface area contributed by atoms with Crippen molar-refractivity contribution in [2.24, 2.45) is 0 Å². The van der Waals surface area contributed by atoms with Crippen molar-refractivity contribution in [1.82, 2.24) is 9.55 Å². The Kier molecular flexibility index (Phi) is 4.15. The smallest absolute Gasteiger partial charge is 0.244 e. The van der Waals surface area contributed by atoms with Gasteiger partial charge < -0.3 is 19.0 Å². The van der Waals surface area contributed by atoms with E-state index in [9.17, 15) is 4.79 Å². The molecule has 6 heteroatoms. The molecule has 6 nitrogen and oxygen atoms in total. The summed E-state index contributed by atoms with van der Waals surface area (Å²) < 4.78 is 12.6. The molecular weight excluding hydrogens is 330 g/mol. The molecule has 4 aromatic rings. The highest BCUT2D eigenvalue weighted by atomic mass is 16.5. The van der Waals surface area contributed by atoms with E-state index in [0.29, 0.717) is 23.0 Å². The summed E-state index contributed by atoms with van der Waals surface area (Å²) in [6.45, 7) is 0.106. The van der Waals surface area contributed by atoms with E-state index >= 15 is 0 Å². The van der Waals surface area contributed by atoms with Crippen molar-refractivity contribution >= 4 is 22.6 Å².